The molecule has 0 saturated heterocycles. The van der Waals surface area contributed by atoms with Gasteiger partial charge in [0, 0.05) is 18.1 Å². The number of hydrogen-bond donors (Lipinski definition) is 1. The van der Waals surface area contributed by atoms with E-state index in [1.54, 1.807) is 0 Å². The van der Waals surface area contributed by atoms with Gasteiger partial charge in [0.15, 0.2) is 0 Å². The maximum absolute atomic E-state index is 3.75. The Morgan fingerprint density at radius 1 is 1.20 bits per heavy atom. The molecule has 1 aromatic rings. The average Bonchev–Trinajstić information content (AvgIpc) is 3.02. The van der Waals surface area contributed by atoms with Crippen LogP contribution >= 0.6 is 0 Å². The van der Waals surface area contributed by atoms with Crippen molar-refractivity contribution in [3.8, 4) is 0 Å². The third-order valence-electron chi connectivity index (χ3n) is 4.80. The zero-order chi connectivity index (χ0) is 14.4. The first-order valence-corrected chi connectivity index (χ1v) is 8.24. The van der Waals surface area contributed by atoms with Gasteiger partial charge in [0.05, 0.1) is 0 Å². The predicted octanol–water partition coefficient (Wildman–Crippen LogP) is 3.99. The van der Waals surface area contributed by atoms with E-state index in [0.717, 1.165) is 12.6 Å². The molecule has 1 saturated carbocycles. The first-order chi connectivity index (χ1) is 9.74. The van der Waals surface area contributed by atoms with E-state index in [-0.39, 0.29) is 0 Å². The molecule has 1 fully saturated rings. The molecule has 2 unspecified atom stereocenters. The van der Waals surface area contributed by atoms with Crippen molar-refractivity contribution >= 4 is 0 Å². The van der Waals surface area contributed by atoms with Gasteiger partial charge in [-0.05, 0) is 45.3 Å². The number of hydrogen-bond acceptors (Lipinski definition) is 2. The number of rotatable bonds is 7. The summed E-state index contributed by atoms with van der Waals surface area (Å²) < 4.78 is 0. The summed E-state index contributed by atoms with van der Waals surface area (Å²) in [6.45, 7) is 5.70. The van der Waals surface area contributed by atoms with Crippen LogP contribution < -0.4 is 5.32 Å². The predicted molar refractivity (Wildman–Crippen MR) is 87.0 cm³/mol. The Hall–Kier alpha value is -0.860. The quantitative estimate of drug-likeness (QED) is 0.809. The van der Waals surface area contributed by atoms with Crippen molar-refractivity contribution in [2.75, 3.05) is 13.6 Å². The van der Waals surface area contributed by atoms with Crippen LogP contribution in [0.5, 0.6) is 0 Å². The molecular weight excluding hydrogens is 244 g/mol. The second kappa shape index (κ2) is 7.80. The van der Waals surface area contributed by atoms with E-state index in [2.05, 4.69) is 61.4 Å². The lowest BCUT2D eigenvalue weighted by molar-refractivity contribution is 0.151. The molecule has 0 spiro atoms. The normalized spacial score (nSPS) is 19.4. The summed E-state index contributed by atoms with van der Waals surface area (Å²) in [7, 11) is 2.31. The summed E-state index contributed by atoms with van der Waals surface area (Å²) in [4.78, 5) is 2.60. The van der Waals surface area contributed by atoms with Crippen molar-refractivity contribution in [2.45, 2.75) is 64.1 Å². The number of benzene rings is 1. The second-order valence-electron chi connectivity index (χ2n) is 6.19. The number of likely N-dealkylation sites (N-methyl/N-ethyl adjacent to an activating group) is 1. The Morgan fingerprint density at radius 2 is 1.85 bits per heavy atom. The Morgan fingerprint density at radius 3 is 2.45 bits per heavy atom. The van der Waals surface area contributed by atoms with Crippen LogP contribution in [-0.2, 0) is 0 Å². The molecule has 0 amide bonds. The van der Waals surface area contributed by atoms with Crippen LogP contribution in [0.3, 0.4) is 0 Å². The topological polar surface area (TPSA) is 15.3 Å². The van der Waals surface area contributed by atoms with Crippen molar-refractivity contribution in [2.24, 2.45) is 0 Å². The van der Waals surface area contributed by atoms with E-state index >= 15 is 0 Å². The van der Waals surface area contributed by atoms with Crippen LogP contribution in [0.1, 0.15) is 57.6 Å². The summed E-state index contributed by atoms with van der Waals surface area (Å²) in [6, 6.07) is 12.7. The standard InChI is InChI=1S/C18H30N2/c1-4-14-19-18(16-10-6-5-7-11-16)15(2)20(3)17-12-8-9-13-17/h5-7,10-11,15,17-19H,4,8-9,12-14H2,1-3H3. The molecule has 1 aliphatic carbocycles. The fraction of sp³-hybridized carbons (Fsp3) is 0.667. The maximum atomic E-state index is 3.75. The lowest BCUT2D eigenvalue weighted by Gasteiger charge is -2.36. The van der Waals surface area contributed by atoms with Gasteiger partial charge in [0.25, 0.3) is 0 Å². The van der Waals surface area contributed by atoms with Crippen molar-refractivity contribution < 1.29 is 0 Å². The highest BCUT2D eigenvalue weighted by molar-refractivity contribution is 5.20. The number of nitrogens with zero attached hydrogens (tertiary/aromatic N) is 1. The van der Waals surface area contributed by atoms with Crippen molar-refractivity contribution in [3.05, 3.63) is 35.9 Å². The summed E-state index contributed by atoms with van der Waals surface area (Å²) in [5, 5.41) is 3.75. The Kier molecular flexibility index (Phi) is 6.06. The van der Waals surface area contributed by atoms with E-state index < -0.39 is 0 Å². The van der Waals surface area contributed by atoms with Crippen LogP contribution in [0.15, 0.2) is 30.3 Å². The Bertz CT molecular complexity index is 370. The minimum absolute atomic E-state index is 0.432. The molecule has 0 aromatic heterocycles. The lowest BCUT2D eigenvalue weighted by atomic mass is 9.98. The van der Waals surface area contributed by atoms with Gasteiger partial charge in [-0.1, -0.05) is 50.1 Å². The van der Waals surface area contributed by atoms with Gasteiger partial charge in [0.2, 0.25) is 0 Å². The summed E-state index contributed by atoms with van der Waals surface area (Å²) in [5.74, 6) is 0. The molecule has 0 radical (unpaired) electrons. The van der Waals surface area contributed by atoms with E-state index in [0.29, 0.717) is 12.1 Å². The van der Waals surface area contributed by atoms with E-state index in [1.165, 1.54) is 37.7 Å². The monoisotopic (exact) mass is 274 g/mol. The highest BCUT2D eigenvalue weighted by atomic mass is 15.2. The molecule has 1 aromatic carbocycles. The highest BCUT2D eigenvalue weighted by Crippen LogP contribution is 2.28. The highest BCUT2D eigenvalue weighted by Gasteiger charge is 2.28. The zero-order valence-corrected chi connectivity index (χ0v) is 13.3. The van der Waals surface area contributed by atoms with E-state index in [9.17, 15) is 0 Å². The van der Waals surface area contributed by atoms with Crippen molar-refractivity contribution in [3.63, 3.8) is 0 Å². The molecule has 0 heterocycles. The fourth-order valence-electron chi connectivity index (χ4n) is 3.41. The molecule has 1 aliphatic rings. The van der Waals surface area contributed by atoms with Gasteiger partial charge in [0.1, 0.15) is 0 Å². The van der Waals surface area contributed by atoms with Gasteiger partial charge in [-0.2, -0.15) is 0 Å². The maximum Gasteiger partial charge on any atom is 0.0475 e. The molecule has 112 valence electrons. The van der Waals surface area contributed by atoms with Crippen LogP contribution in [0.2, 0.25) is 0 Å². The van der Waals surface area contributed by atoms with Crippen LogP contribution in [0, 0.1) is 0 Å². The lowest BCUT2D eigenvalue weighted by Crippen LogP contribution is -2.45. The van der Waals surface area contributed by atoms with Crippen LogP contribution in [0.25, 0.3) is 0 Å². The molecule has 2 rings (SSSR count). The molecule has 1 N–H and O–H groups in total. The molecule has 0 bridgehead atoms. The first kappa shape index (κ1) is 15.5. The van der Waals surface area contributed by atoms with Crippen molar-refractivity contribution in [1.29, 1.82) is 0 Å². The summed E-state index contributed by atoms with van der Waals surface area (Å²) in [6.07, 6.45) is 6.73. The summed E-state index contributed by atoms with van der Waals surface area (Å²) >= 11 is 0. The zero-order valence-electron chi connectivity index (χ0n) is 13.3. The van der Waals surface area contributed by atoms with Gasteiger partial charge in [-0.15, -0.1) is 0 Å². The van der Waals surface area contributed by atoms with E-state index in [1.807, 2.05) is 0 Å². The van der Waals surface area contributed by atoms with Crippen LogP contribution in [-0.4, -0.2) is 30.6 Å². The van der Waals surface area contributed by atoms with Gasteiger partial charge in [-0.3, -0.25) is 4.90 Å². The van der Waals surface area contributed by atoms with Gasteiger partial charge >= 0.3 is 0 Å². The Balaban J connectivity index is 2.08. The van der Waals surface area contributed by atoms with Gasteiger partial charge in [-0.25, -0.2) is 0 Å². The molecule has 2 heteroatoms. The molecular formula is C18H30N2. The second-order valence-corrected chi connectivity index (χ2v) is 6.19. The van der Waals surface area contributed by atoms with Gasteiger partial charge < -0.3 is 5.32 Å². The minimum Gasteiger partial charge on any atom is -0.309 e. The fourth-order valence-corrected chi connectivity index (χ4v) is 3.41. The van der Waals surface area contributed by atoms with Crippen LogP contribution in [0.4, 0.5) is 0 Å². The third kappa shape index (κ3) is 3.83. The van der Waals surface area contributed by atoms with Crippen molar-refractivity contribution in [1.82, 2.24) is 10.2 Å². The Labute approximate surface area is 124 Å². The largest absolute Gasteiger partial charge is 0.309 e. The molecule has 0 aliphatic heterocycles. The number of nitrogens with one attached hydrogen (secondary N) is 1. The summed E-state index contributed by atoms with van der Waals surface area (Å²) in [5.41, 5.74) is 1.42. The third-order valence-corrected chi connectivity index (χ3v) is 4.80. The average molecular weight is 274 g/mol. The smallest absolute Gasteiger partial charge is 0.0475 e. The molecule has 2 atom stereocenters. The SMILES string of the molecule is CCCNC(c1ccccc1)C(C)N(C)C1CCCC1. The van der Waals surface area contributed by atoms with E-state index in [4.69, 9.17) is 0 Å². The molecule has 2 nitrogen and oxygen atoms in total. The minimum atomic E-state index is 0.432. The first-order valence-electron chi connectivity index (χ1n) is 8.24. The molecule has 20 heavy (non-hydrogen) atoms.